The van der Waals surface area contributed by atoms with E-state index in [2.05, 4.69) is 15.8 Å². The number of aryl methyl sites for hydroxylation is 2. The van der Waals surface area contributed by atoms with Crippen molar-refractivity contribution in [3.8, 4) is 5.75 Å². The Morgan fingerprint density at radius 1 is 1.03 bits per heavy atom. The van der Waals surface area contributed by atoms with Gasteiger partial charge in [-0.1, -0.05) is 18.2 Å². The molecule has 0 fully saturated rings. The summed E-state index contributed by atoms with van der Waals surface area (Å²) in [7, 11) is 0. The van der Waals surface area contributed by atoms with Crippen LogP contribution in [0.15, 0.2) is 69.9 Å². The highest BCUT2D eigenvalue weighted by Crippen LogP contribution is 2.15. The molecule has 33 heavy (non-hydrogen) atoms. The topological polar surface area (TPSA) is 115 Å². The number of rotatable bonds is 6. The van der Waals surface area contributed by atoms with Crippen molar-refractivity contribution >= 4 is 22.8 Å². The lowest BCUT2D eigenvalue weighted by Crippen LogP contribution is -2.41. The van der Waals surface area contributed by atoms with Crippen LogP contribution in [0.4, 0.5) is 0 Å². The van der Waals surface area contributed by atoms with Crippen LogP contribution in [0.1, 0.15) is 39.3 Å². The molecule has 2 N–H and O–H groups in total. The van der Waals surface area contributed by atoms with Gasteiger partial charge >= 0.3 is 5.91 Å². The van der Waals surface area contributed by atoms with E-state index in [1.165, 1.54) is 6.07 Å². The smallest absolute Gasteiger partial charge is 0.305 e. The number of carbonyl (C=O) groups is 2. The Morgan fingerprint density at radius 2 is 1.79 bits per heavy atom. The number of hydrogen-bond donors (Lipinski definition) is 2. The molecule has 0 saturated heterocycles. The molecule has 0 spiro atoms. The van der Waals surface area contributed by atoms with Crippen molar-refractivity contribution in [2.75, 3.05) is 0 Å². The van der Waals surface area contributed by atoms with Crippen LogP contribution >= 0.6 is 0 Å². The van der Waals surface area contributed by atoms with Gasteiger partial charge in [0.1, 0.15) is 23.8 Å². The second kappa shape index (κ2) is 9.39. The van der Waals surface area contributed by atoms with Crippen molar-refractivity contribution in [1.29, 1.82) is 0 Å². The number of fused-ring (bicyclic) bond motifs is 1. The Labute approximate surface area is 189 Å². The molecular formula is C24H22N4O5. The Kier molecular flexibility index (Phi) is 6.21. The van der Waals surface area contributed by atoms with E-state index in [1.807, 2.05) is 37.3 Å². The predicted octanol–water partition coefficient (Wildman–Crippen LogP) is 2.97. The van der Waals surface area contributed by atoms with Crippen LogP contribution in [-0.2, 0) is 13.2 Å². The summed E-state index contributed by atoms with van der Waals surface area (Å²) in [6, 6.07) is 17.2. The van der Waals surface area contributed by atoms with Gasteiger partial charge < -0.3 is 13.7 Å². The van der Waals surface area contributed by atoms with E-state index in [-0.39, 0.29) is 23.5 Å². The van der Waals surface area contributed by atoms with Crippen molar-refractivity contribution in [1.82, 2.24) is 20.4 Å². The number of para-hydroxylation sites is 1. The SMILES string of the molecule is CCn1c(=O)c(C)nc2cc(C(=O)NNC(=O)c3ccc(COc4ccccc4)o3)ccc21. The number of nitrogens with zero attached hydrogens (tertiary/aromatic N) is 2. The molecule has 9 heteroatoms. The quantitative estimate of drug-likeness (QED) is 0.440. The maximum atomic E-state index is 12.5. The van der Waals surface area contributed by atoms with Gasteiger partial charge in [-0.3, -0.25) is 25.2 Å². The number of aromatic nitrogens is 2. The summed E-state index contributed by atoms with van der Waals surface area (Å²) >= 11 is 0. The number of nitrogens with one attached hydrogen (secondary N) is 2. The molecule has 168 valence electrons. The summed E-state index contributed by atoms with van der Waals surface area (Å²) in [5, 5.41) is 0. The third-order valence-electron chi connectivity index (χ3n) is 4.99. The van der Waals surface area contributed by atoms with E-state index in [4.69, 9.17) is 9.15 Å². The number of amides is 2. The lowest BCUT2D eigenvalue weighted by Gasteiger charge is -2.10. The van der Waals surface area contributed by atoms with Gasteiger partial charge in [0.2, 0.25) is 0 Å². The van der Waals surface area contributed by atoms with E-state index in [0.717, 1.165) is 0 Å². The molecule has 2 amide bonds. The van der Waals surface area contributed by atoms with Crippen molar-refractivity contribution in [3.63, 3.8) is 0 Å². The van der Waals surface area contributed by atoms with E-state index < -0.39 is 11.8 Å². The largest absolute Gasteiger partial charge is 0.486 e. The minimum absolute atomic E-state index is 0.0322. The highest BCUT2D eigenvalue weighted by Gasteiger charge is 2.15. The zero-order valence-electron chi connectivity index (χ0n) is 18.1. The molecule has 9 nitrogen and oxygen atoms in total. The minimum Gasteiger partial charge on any atom is -0.486 e. The minimum atomic E-state index is -0.608. The van der Waals surface area contributed by atoms with E-state index in [9.17, 15) is 14.4 Å². The van der Waals surface area contributed by atoms with Crippen molar-refractivity contribution in [2.45, 2.75) is 27.0 Å². The average Bonchev–Trinajstić information content (AvgIpc) is 3.31. The van der Waals surface area contributed by atoms with Gasteiger partial charge in [0.15, 0.2) is 5.76 Å². The third-order valence-corrected chi connectivity index (χ3v) is 4.99. The van der Waals surface area contributed by atoms with Crippen molar-refractivity contribution in [3.05, 3.63) is 93.8 Å². The molecule has 2 aromatic heterocycles. The number of furan rings is 1. The van der Waals surface area contributed by atoms with Gasteiger partial charge in [-0.25, -0.2) is 4.98 Å². The summed E-state index contributed by atoms with van der Waals surface area (Å²) in [5.74, 6) is 0.0446. The molecule has 4 aromatic rings. The second-order valence-electron chi connectivity index (χ2n) is 7.23. The van der Waals surface area contributed by atoms with Crippen molar-refractivity contribution in [2.24, 2.45) is 0 Å². The molecule has 0 aliphatic heterocycles. The summed E-state index contributed by atoms with van der Waals surface area (Å²) in [6.07, 6.45) is 0. The van der Waals surface area contributed by atoms with Crippen LogP contribution in [0.5, 0.6) is 5.75 Å². The highest BCUT2D eigenvalue weighted by atomic mass is 16.5. The molecule has 0 unspecified atom stereocenters. The number of benzene rings is 2. The zero-order valence-corrected chi connectivity index (χ0v) is 18.1. The number of ether oxygens (including phenoxy) is 1. The first-order valence-corrected chi connectivity index (χ1v) is 10.3. The third kappa shape index (κ3) is 4.77. The highest BCUT2D eigenvalue weighted by molar-refractivity contribution is 5.99. The van der Waals surface area contributed by atoms with Crippen molar-refractivity contribution < 1.29 is 18.7 Å². The summed E-state index contributed by atoms with van der Waals surface area (Å²) in [4.78, 5) is 41.4. The first kappa shape index (κ1) is 21.8. The maximum Gasteiger partial charge on any atom is 0.305 e. The van der Waals surface area contributed by atoms with Gasteiger partial charge in [0, 0.05) is 12.1 Å². The summed E-state index contributed by atoms with van der Waals surface area (Å²) < 4.78 is 12.7. The first-order chi connectivity index (χ1) is 16.0. The molecule has 2 heterocycles. The van der Waals surface area contributed by atoms with E-state index in [1.54, 1.807) is 35.8 Å². The Morgan fingerprint density at radius 3 is 2.55 bits per heavy atom. The molecule has 0 aliphatic carbocycles. The van der Waals surface area contributed by atoms with Crippen LogP contribution < -0.4 is 21.1 Å². The normalized spacial score (nSPS) is 10.7. The maximum absolute atomic E-state index is 12.5. The molecule has 0 aliphatic rings. The number of hydrazine groups is 1. The van der Waals surface area contributed by atoms with Crippen LogP contribution in [-0.4, -0.2) is 21.4 Å². The summed E-state index contributed by atoms with van der Waals surface area (Å²) in [6.45, 7) is 4.14. The predicted molar refractivity (Wildman–Crippen MR) is 121 cm³/mol. The molecular weight excluding hydrogens is 424 g/mol. The standard InChI is InChI=1S/C24H22N4O5/c1-3-28-20-11-9-16(13-19(20)25-15(2)24(28)31)22(29)26-27-23(30)21-12-10-18(33-21)14-32-17-7-5-4-6-8-17/h4-13H,3,14H2,1-2H3,(H,26,29)(H,27,30). The monoisotopic (exact) mass is 446 g/mol. The fourth-order valence-corrected chi connectivity index (χ4v) is 3.33. The van der Waals surface area contributed by atoms with Gasteiger partial charge in [0.05, 0.1) is 11.0 Å². The van der Waals surface area contributed by atoms with Gasteiger partial charge in [0.25, 0.3) is 11.5 Å². The fraction of sp³-hybridized carbons (Fsp3) is 0.167. The second-order valence-corrected chi connectivity index (χ2v) is 7.23. The van der Waals surface area contributed by atoms with Crippen LogP contribution in [0, 0.1) is 6.92 Å². The van der Waals surface area contributed by atoms with Crippen LogP contribution in [0.25, 0.3) is 11.0 Å². The first-order valence-electron chi connectivity index (χ1n) is 10.3. The lowest BCUT2D eigenvalue weighted by atomic mass is 10.1. The van der Waals surface area contributed by atoms with Crippen LogP contribution in [0.2, 0.25) is 0 Å². The lowest BCUT2D eigenvalue weighted by molar-refractivity contribution is 0.0828. The molecule has 0 saturated carbocycles. The molecule has 2 aromatic carbocycles. The molecule has 0 radical (unpaired) electrons. The average molecular weight is 446 g/mol. The fourth-order valence-electron chi connectivity index (χ4n) is 3.33. The van der Waals surface area contributed by atoms with Crippen LogP contribution in [0.3, 0.4) is 0 Å². The Hall–Kier alpha value is -4.40. The molecule has 4 rings (SSSR count). The van der Waals surface area contributed by atoms with Gasteiger partial charge in [-0.15, -0.1) is 0 Å². The van der Waals surface area contributed by atoms with E-state index >= 15 is 0 Å². The molecule has 0 bridgehead atoms. The Bertz CT molecular complexity index is 1370. The molecule has 0 atom stereocenters. The number of hydrogen-bond acceptors (Lipinski definition) is 6. The summed E-state index contributed by atoms with van der Waals surface area (Å²) in [5.41, 5.74) is 6.30. The number of carbonyl (C=O) groups excluding carboxylic acids is 2. The zero-order chi connectivity index (χ0) is 23.4. The van der Waals surface area contributed by atoms with Gasteiger partial charge in [-0.2, -0.15) is 0 Å². The van der Waals surface area contributed by atoms with Gasteiger partial charge in [-0.05, 0) is 56.3 Å². The van der Waals surface area contributed by atoms with E-state index in [0.29, 0.717) is 34.8 Å². The Balaban J connectivity index is 1.39.